The fraction of sp³-hybridized carbons (Fsp3) is 0. The van der Waals surface area contributed by atoms with Crippen LogP contribution < -0.4 is 5.73 Å². The van der Waals surface area contributed by atoms with Crippen LogP contribution in [0, 0.1) is 0 Å². The second-order valence-corrected chi connectivity index (χ2v) is 8.49. The van der Waals surface area contributed by atoms with Crippen molar-refractivity contribution in [2.24, 2.45) is 5.73 Å². The number of pyridine rings is 1. The molecule has 0 atom stereocenters. The van der Waals surface area contributed by atoms with Crippen LogP contribution in [0.25, 0.3) is 11.2 Å². The first-order chi connectivity index (χ1) is 14.5. The van der Waals surface area contributed by atoms with Crippen molar-refractivity contribution in [1.82, 2.24) is 24.9 Å². The number of hydrogen-bond acceptors (Lipinski definition) is 9. The lowest BCUT2D eigenvalue weighted by atomic mass is 10.3. The van der Waals surface area contributed by atoms with Gasteiger partial charge in [0.05, 0.1) is 18.1 Å². The van der Waals surface area contributed by atoms with Crippen molar-refractivity contribution in [1.29, 1.82) is 0 Å². The molecule has 0 aliphatic rings. The maximum absolute atomic E-state index is 10.4. The van der Waals surface area contributed by atoms with Crippen LogP contribution in [0.2, 0.25) is 0 Å². The molecular formula is C11H17N6O12P3. The molecule has 0 saturated carbocycles. The number of primary amides is 1. The molecule has 0 aromatic carbocycles. The number of hydrogen-bond donors (Lipinski definition) is 9. The Morgan fingerprint density at radius 1 is 0.938 bits per heavy atom. The second-order valence-electron chi connectivity index (χ2n) is 4.84. The van der Waals surface area contributed by atoms with Crippen molar-refractivity contribution in [3.8, 4) is 0 Å². The highest BCUT2D eigenvalue weighted by Gasteiger charge is 2.27. The monoisotopic (exact) mass is 518 g/mol. The number of rotatable bonds is 3. The predicted molar refractivity (Wildman–Crippen MR) is 104 cm³/mol. The topological polar surface area (TPSA) is 312 Å². The molecule has 3 heterocycles. The average Bonchev–Trinajstić information content (AvgIpc) is 3.08. The Hall–Kier alpha value is -2.46. The molecule has 0 saturated heterocycles. The van der Waals surface area contributed by atoms with Crippen LogP contribution in [-0.4, -0.2) is 65.1 Å². The average molecular weight is 518 g/mol. The van der Waals surface area contributed by atoms with E-state index in [4.69, 9.17) is 44.6 Å². The van der Waals surface area contributed by atoms with Crippen molar-refractivity contribution >= 4 is 40.5 Å². The van der Waals surface area contributed by atoms with Crippen LogP contribution in [0.4, 0.5) is 0 Å². The van der Waals surface area contributed by atoms with Gasteiger partial charge in [-0.25, -0.2) is 28.6 Å². The van der Waals surface area contributed by atoms with Gasteiger partial charge in [0.15, 0.2) is 5.65 Å². The minimum absolute atomic E-state index is 0.442. The molecule has 21 heteroatoms. The number of aromatic amines is 1. The maximum atomic E-state index is 10.4. The summed E-state index contributed by atoms with van der Waals surface area (Å²) >= 11 is 0. The lowest BCUT2D eigenvalue weighted by molar-refractivity contribution is 0.0999. The quantitative estimate of drug-likeness (QED) is 0.184. The van der Waals surface area contributed by atoms with Crippen LogP contribution >= 0.6 is 23.5 Å². The summed E-state index contributed by atoms with van der Waals surface area (Å²) in [6.45, 7) is 0. The van der Waals surface area contributed by atoms with Crippen LogP contribution in [0.3, 0.4) is 0 Å². The highest BCUT2D eigenvalue weighted by Crippen LogP contribution is 2.53. The van der Waals surface area contributed by atoms with Gasteiger partial charge in [0.2, 0.25) is 5.91 Å². The van der Waals surface area contributed by atoms with Crippen molar-refractivity contribution < 1.29 is 57.1 Å². The third kappa shape index (κ3) is 18.3. The largest absolute Gasteiger partial charge is 0.478 e. The van der Waals surface area contributed by atoms with E-state index in [-0.39, 0.29) is 0 Å². The van der Waals surface area contributed by atoms with E-state index in [1.54, 1.807) is 30.9 Å². The molecule has 18 nitrogen and oxygen atoms in total. The molecule has 0 unspecified atom stereocenters. The van der Waals surface area contributed by atoms with Gasteiger partial charge in [-0.15, -0.1) is 0 Å². The van der Waals surface area contributed by atoms with Gasteiger partial charge >= 0.3 is 23.5 Å². The second kappa shape index (κ2) is 13.2. The minimum atomic E-state index is -5.05. The number of nitrogens with zero attached hydrogens (tertiary/aromatic N) is 4. The molecule has 3 aromatic rings. The van der Waals surface area contributed by atoms with E-state index in [1.165, 1.54) is 12.5 Å². The third-order valence-corrected chi connectivity index (χ3v) is 3.96. The zero-order valence-electron chi connectivity index (χ0n) is 15.4. The Kier molecular flexibility index (Phi) is 12.2. The van der Waals surface area contributed by atoms with Crippen LogP contribution in [0.5, 0.6) is 0 Å². The van der Waals surface area contributed by atoms with Crippen LogP contribution in [-0.2, 0) is 18.0 Å². The summed E-state index contributed by atoms with van der Waals surface area (Å²) in [5.41, 5.74) is 6.96. The normalized spacial score (nSPS) is 11.1. The van der Waals surface area contributed by atoms with E-state index in [2.05, 4.69) is 29.2 Å². The van der Waals surface area contributed by atoms with E-state index in [1.807, 2.05) is 0 Å². The van der Waals surface area contributed by atoms with Crippen molar-refractivity contribution in [2.75, 3.05) is 0 Å². The SMILES string of the molecule is NC(=O)c1cccnc1.O=P(O)(O)O.O=P(O)(O)OP(=O)(O)O.c1ncc2[nH]cnc2n1. The van der Waals surface area contributed by atoms with Gasteiger partial charge in [0, 0.05) is 12.4 Å². The highest BCUT2D eigenvalue weighted by molar-refractivity contribution is 7.60. The number of nitrogens with two attached hydrogens (primary N) is 1. The number of carbonyl (C=O) groups is 1. The zero-order chi connectivity index (χ0) is 25.0. The lowest BCUT2D eigenvalue weighted by Crippen LogP contribution is -2.10. The molecule has 178 valence electrons. The molecule has 0 bridgehead atoms. The smallest absolute Gasteiger partial charge is 0.366 e. The first-order valence-corrected chi connectivity index (χ1v) is 12.0. The number of fused-ring (bicyclic) bond motifs is 1. The van der Waals surface area contributed by atoms with Crippen molar-refractivity contribution in [2.45, 2.75) is 0 Å². The molecule has 32 heavy (non-hydrogen) atoms. The molecule has 0 aliphatic heterocycles. The van der Waals surface area contributed by atoms with Crippen molar-refractivity contribution in [3.63, 3.8) is 0 Å². The Labute approximate surface area is 177 Å². The Morgan fingerprint density at radius 3 is 1.84 bits per heavy atom. The van der Waals surface area contributed by atoms with E-state index >= 15 is 0 Å². The standard InChI is InChI=1S/C6H6N2O.C5H4N4.H4O7P2.H3O4P/c7-6(9)5-2-1-3-8-4-5;1-4-5(8-2-6-1)9-3-7-4;1-8(2,3)7-9(4,5)6;1-5(2,3)4/h1-4H,(H2,7,9);1-3H,(H,6,7,8,9);(H2,1,2,3)(H2,4,5,6);(H3,1,2,3,4). The van der Waals surface area contributed by atoms with E-state index in [0.717, 1.165) is 5.52 Å². The molecule has 0 radical (unpaired) electrons. The van der Waals surface area contributed by atoms with Crippen molar-refractivity contribution in [3.05, 3.63) is 48.9 Å². The van der Waals surface area contributed by atoms with Gasteiger partial charge < -0.3 is 45.0 Å². The molecule has 0 aliphatic carbocycles. The van der Waals surface area contributed by atoms with E-state index in [0.29, 0.717) is 11.2 Å². The number of nitrogens with one attached hydrogen (secondary N) is 1. The summed E-state index contributed by atoms with van der Waals surface area (Å²) in [6, 6.07) is 3.29. The predicted octanol–water partition coefficient (Wildman–Crippen LogP) is -1.21. The van der Waals surface area contributed by atoms with Gasteiger partial charge in [-0.05, 0) is 12.1 Å². The number of amides is 1. The first-order valence-electron chi connectivity index (χ1n) is 7.37. The number of carbonyl (C=O) groups excluding carboxylic acids is 1. The number of aromatic nitrogens is 5. The molecule has 1 amide bonds. The number of phosphoric acid groups is 3. The summed E-state index contributed by atoms with van der Waals surface area (Å²) < 4.78 is 31.1. The third-order valence-electron chi connectivity index (χ3n) is 2.26. The molecule has 10 N–H and O–H groups in total. The molecule has 3 aromatic heterocycles. The summed E-state index contributed by atoms with van der Waals surface area (Å²) in [7, 11) is -14.7. The van der Waals surface area contributed by atoms with E-state index in [9.17, 15) is 13.9 Å². The minimum Gasteiger partial charge on any atom is -0.366 e. The molecule has 3 rings (SSSR count). The Balaban J connectivity index is 0.000000410. The summed E-state index contributed by atoms with van der Waals surface area (Å²) in [5.74, 6) is -0.442. The zero-order valence-corrected chi connectivity index (χ0v) is 18.1. The lowest BCUT2D eigenvalue weighted by Gasteiger charge is -2.03. The summed E-state index contributed by atoms with van der Waals surface area (Å²) in [4.78, 5) is 81.1. The Bertz CT molecular complexity index is 1050. The van der Waals surface area contributed by atoms with Crippen LogP contribution in [0.15, 0.2) is 43.4 Å². The summed E-state index contributed by atoms with van der Waals surface area (Å²) in [5, 5.41) is 0. The fourth-order valence-corrected chi connectivity index (χ4v) is 2.45. The van der Waals surface area contributed by atoms with Gasteiger partial charge in [-0.1, -0.05) is 0 Å². The van der Waals surface area contributed by atoms with Crippen LogP contribution in [0.1, 0.15) is 10.4 Å². The summed E-state index contributed by atoms with van der Waals surface area (Å²) in [6.07, 6.45) is 7.78. The molecule has 0 fully saturated rings. The molecule has 0 spiro atoms. The van der Waals surface area contributed by atoms with Gasteiger partial charge in [-0.3, -0.25) is 9.78 Å². The Morgan fingerprint density at radius 2 is 1.50 bits per heavy atom. The maximum Gasteiger partial charge on any atom is 0.478 e. The molecular weight excluding hydrogens is 501 g/mol. The highest BCUT2D eigenvalue weighted by atomic mass is 31.3. The van der Waals surface area contributed by atoms with Gasteiger partial charge in [0.1, 0.15) is 11.8 Å². The number of H-pyrrole nitrogens is 1. The van der Waals surface area contributed by atoms with Gasteiger partial charge in [-0.2, -0.15) is 4.31 Å². The fourth-order valence-electron chi connectivity index (χ4n) is 1.34. The number of imidazole rings is 1. The van der Waals surface area contributed by atoms with E-state index < -0.39 is 29.4 Å². The first kappa shape index (κ1) is 29.5. The van der Waals surface area contributed by atoms with Gasteiger partial charge in [0.25, 0.3) is 0 Å².